The number of fused-ring (bicyclic) bond motifs is 1. The number of halogens is 4. The maximum atomic E-state index is 12.7. The Labute approximate surface area is 101 Å². The summed E-state index contributed by atoms with van der Waals surface area (Å²) >= 11 is 5.56. The number of carbonyl (C=O) groups is 1. The molecule has 1 atom stereocenters. The second-order valence-electron chi connectivity index (χ2n) is 4.01. The molecule has 1 aliphatic rings. The third kappa shape index (κ3) is 1.78. The van der Waals surface area contributed by atoms with Crippen molar-refractivity contribution >= 4 is 17.5 Å². The zero-order valence-electron chi connectivity index (χ0n) is 9.10. The second-order valence-corrected chi connectivity index (χ2v) is 4.42. The van der Waals surface area contributed by atoms with Crippen molar-refractivity contribution in [3.05, 3.63) is 33.8 Å². The largest absolute Gasteiger partial charge is 0.417 e. The highest BCUT2D eigenvalue weighted by molar-refractivity contribution is 6.32. The van der Waals surface area contributed by atoms with Gasteiger partial charge in [0.2, 0.25) is 0 Å². The van der Waals surface area contributed by atoms with Crippen molar-refractivity contribution in [3.63, 3.8) is 0 Å². The summed E-state index contributed by atoms with van der Waals surface area (Å²) in [5.41, 5.74) is -0.278. The lowest BCUT2D eigenvalue weighted by molar-refractivity contribution is -0.137. The van der Waals surface area contributed by atoms with Crippen molar-refractivity contribution in [2.75, 3.05) is 7.05 Å². The Morgan fingerprint density at radius 3 is 2.47 bits per heavy atom. The normalized spacial score (nSPS) is 19.8. The van der Waals surface area contributed by atoms with Crippen molar-refractivity contribution < 1.29 is 18.0 Å². The Kier molecular flexibility index (Phi) is 2.61. The van der Waals surface area contributed by atoms with Gasteiger partial charge in [0.05, 0.1) is 16.6 Å². The number of hydrogen-bond acceptors (Lipinski definition) is 1. The van der Waals surface area contributed by atoms with Gasteiger partial charge in [-0.2, -0.15) is 13.2 Å². The van der Waals surface area contributed by atoms with Crippen LogP contribution in [0.4, 0.5) is 13.2 Å². The number of alkyl halides is 3. The molecular formula is C11H9ClF3NO. The van der Waals surface area contributed by atoms with Crippen LogP contribution < -0.4 is 0 Å². The molecule has 0 N–H and O–H groups in total. The topological polar surface area (TPSA) is 20.3 Å². The monoisotopic (exact) mass is 263 g/mol. The molecular weight excluding hydrogens is 255 g/mol. The molecule has 1 heterocycles. The summed E-state index contributed by atoms with van der Waals surface area (Å²) in [6.45, 7) is 1.68. The fraction of sp³-hybridized carbons (Fsp3) is 0.364. The molecule has 1 amide bonds. The lowest BCUT2D eigenvalue weighted by atomic mass is 10.0. The Hall–Kier alpha value is -1.23. The van der Waals surface area contributed by atoms with E-state index in [0.717, 1.165) is 12.1 Å². The summed E-state index contributed by atoms with van der Waals surface area (Å²) in [6, 6.07) is 1.70. The molecule has 1 aromatic rings. The molecule has 0 bridgehead atoms. The smallest absolute Gasteiger partial charge is 0.335 e. The van der Waals surface area contributed by atoms with Gasteiger partial charge in [0.25, 0.3) is 5.91 Å². The number of nitrogens with zero attached hydrogens (tertiary/aromatic N) is 1. The Morgan fingerprint density at radius 1 is 1.35 bits per heavy atom. The van der Waals surface area contributed by atoms with E-state index in [1.165, 1.54) is 4.90 Å². The van der Waals surface area contributed by atoms with Gasteiger partial charge < -0.3 is 4.90 Å². The minimum atomic E-state index is -4.50. The van der Waals surface area contributed by atoms with Crippen molar-refractivity contribution in [1.29, 1.82) is 0 Å². The van der Waals surface area contributed by atoms with Crippen LogP contribution in [0.2, 0.25) is 5.02 Å². The lowest BCUT2D eigenvalue weighted by Gasteiger charge is -2.15. The molecule has 0 aliphatic carbocycles. The summed E-state index contributed by atoms with van der Waals surface area (Å²) in [5.74, 6) is -0.303. The SMILES string of the molecule is CC1c2cc(C(F)(F)F)c(Cl)cc2C(=O)N1C. The van der Waals surface area contributed by atoms with Gasteiger partial charge in [0.15, 0.2) is 0 Å². The number of benzene rings is 1. The van der Waals surface area contributed by atoms with Gasteiger partial charge in [-0.15, -0.1) is 0 Å². The van der Waals surface area contributed by atoms with Crippen LogP contribution in [-0.4, -0.2) is 17.9 Å². The minimum absolute atomic E-state index is 0.248. The standard InChI is InChI=1S/C11H9ClF3NO/c1-5-6-3-8(11(13,14)15)9(12)4-7(6)10(17)16(5)2/h3-5H,1-2H3. The molecule has 0 saturated carbocycles. The number of rotatable bonds is 0. The van der Waals surface area contributed by atoms with E-state index in [1.54, 1.807) is 14.0 Å². The minimum Gasteiger partial charge on any atom is -0.335 e. The third-order valence-corrected chi connectivity index (χ3v) is 3.34. The highest BCUT2D eigenvalue weighted by atomic mass is 35.5. The van der Waals surface area contributed by atoms with Crippen molar-refractivity contribution in [2.24, 2.45) is 0 Å². The molecule has 0 saturated heterocycles. The van der Waals surface area contributed by atoms with Gasteiger partial charge in [0, 0.05) is 12.6 Å². The third-order valence-electron chi connectivity index (χ3n) is 3.03. The summed E-state index contributed by atoms with van der Waals surface area (Å²) in [7, 11) is 1.55. The van der Waals surface area contributed by atoms with Gasteiger partial charge >= 0.3 is 6.18 Å². The van der Waals surface area contributed by atoms with Crippen LogP contribution in [0.3, 0.4) is 0 Å². The quantitative estimate of drug-likeness (QED) is 0.701. The second kappa shape index (κ2) is 3.63. The van der Waals surface area contributed by atoms with E-state index in [-0.39, 0.29) is 17.5 Å². The molecule has 0 spiro atoms. The van der Waals surface area contributed by atoms with E-state index in [2.05, 4.69) is 0 Å². The molecule has 0 fully saturated rings. The highest BCUT2D eigenvalue weighted by Gasteiger charge is 2.38. The molecule has 6 heteroatoms. The summed E-state index contributed by atoms with van der Waals surface area (Å²) < 4.78 is 38.0. The Morgan fingerprint density at radius 2 is 1.94 bits per heavy atom. The van der Waals surface area contributed by atoms with E-state index < -0.39 is 16.8 Å². The number of carbonyl (C=O) groups excluding carboxylic acids is 1. The van der Waals surface area contributed by atoms with Crippen LogP contribution in [0.1, 0.15) is 34.5 Å². The fourth-order valence-corrected chi connectivity index (χ4v) is 2.18. The molecule has 1 aliphatic heterocycles. The molecule has 0 aromatic heterocycles. The van der Waals surface area contributed by atoms with E-state index in [1.807, 2.05) is 0 Å². The molecule has 0 radical (unpaired) electrons. The van der Waals surface area contributed by atoms with E-state index in [4.69, 9.17) is 11.6 Å². The van der Waals surface area contributed by atoms with Crippen molar-refractivity contribution in [1.82, 2.24) is 4.90 Å². The summed E-state index contributed by atoms with van der Waals surface area (Å²) in [6.07, 6.45) is -4.50. The first-order valence-electron chi connectivity index (χ1n) is 4.91. The summed E-state index contributed by atoms with van der Waals surface area (Å²) in [5, 5.41) is -0.438. The number of amides is 1. The van der Waals surface area contributed by atoms with Gasteiger partial charge in [-0.05, 0) is 24.6 Å². The first-order chi connectivity index (χ1) is 7.73. The van der Waals surface area contributed by atoms with Crippen LogP contribution in [-0.2, 0) is 6.18 Å². The molecule has 92 valence electrons. The van der Waals surface area contributed by atoms with Crippen LogP contribution >= 0.6 is 11.6 Å². The molecule has 1 aromatic carbocycles. The average Bonchev–Trinajstić information content (AvgIpc) is 2.41. The predicted octanol–water partition coefficient (Wildman–Crippen LogP) is 3.51. The van der Waals surface area contributed by atoms with Gasteiger partial charge in [0.1, 0.15) is 0 Å². The lowest BCUT2D eigenvalue weighted by Crippen LogP contribution is -2.20. The predicted molar refractivity (Wildman–Crippen MR) is 57.0 cm³/mol. The fourth-order valence-electron chi connectivity index (χ4n) is 1.91. The van der Waals surface area contributed by atoms with Crippen LogP contribution in [0, 0.1) is 0 Å². The van der Waals surface area contributed by atoms with E-state index >= 15 is 0 Å². The number of hydrogen-bond donors (Lipinski definition) is 0. The Bertz CT molecular complexity index is 498. The van der Waals surface area contributed by atoms with Crippen LogP contribution in [0.25, 0.3) is 0 Å². The molecule has 17 heavy (non-hydrogen) atoms. The first-order valence-corrected chi connectivity index (χ1v) is 5.29. The van der Waals surface area contributed by atoms with E-state index in [9.17, 15) is 18.0 Å². The molecule has 2 nitrogen and oxygen atoms in total. The molecule has 2 rings (SSSR count). The van der Waals surface area contributed by atoms with Gasteiger partial charge in [-0.1, -0.05) is 11.6 Å². The molecule has 1 unspecified atom stereocenters. The van der Waals surface area contributed by atoms with Crippen molar-refractivity contribution in [2.45, 2.75) is 19.1 Å². The summed E-state index contributed by atoms with van der Waals surface area (Å²) in [4.78, 5) is 13.1. The van der Waals surface area contributed by atoms with Crippen LogP contribution in [0.15, 0.2) is 12.1 Å². The van der Waals surface area contributed by atoms with E-state index in [0.29, 0.717) is 5.56 Å². The van der Waals surface area contributed by atoms with Crippen LogP contribution in [0.5, 0.6) is 0 Å². The average molecular weight is 264 g/mol. The highest BCUT2D eigenvalue weighted by Crippen LogP contribution is 2.41. The van der Waals surface area contributed by atoms with Gasteiger partial charge in [-0.25, -0.2) is 0 Å². The van der Waals surface area contributed by atoms with Crippen molar-refractivity contribution in [3.8, 4) is 0 Å². The zero-order valence-corrected chi connectivity index (χ0v) is 9.86. The van der Waals surface area contributed by atoms with Gasteiger partial charge in [-0.3, -0.25) is 4.79 Å². The maximum absolute atomic E-state index is 12.7. The zero-order chi connectivity index (χ0) is 13.0. The maximum Gasteiger partial charge on any atom is 0.417 e. The Balaban J connectivity index is 2.64. The first kappa shape index (κ1) is 12.2.